The molecule has 1 N–H and O–H groups in total. The van der Waals surface area contributed by atoms with E-state index >= 15 is 0 Å². The van der Waals surface area contributed by atoms with Crippen LogP contribution < -0.4 is 4.74 Å². The van der Waals surface area contributed by atoms with Gasteiger partial charge in [0.25, 0.3) is 0 Å². The maximum absolute atomic E-state index is 13.9. The molecule has 0 saturated heterocycles. The number of aromatic nitrogens is 5. The van der Waals surface area contributed by atoms with Gasteiger partial charge in [0.05, 0.1) is 25.4 Å². The molecule has 3 aromatic rings. The number of aromatic carboxylic acids is 1. The highest BCUT2D eigenvalue weighted by Gasteiger charge is 2.12. The number of hydrogen-bond acceptors (Lipinski definition) is 6. The van der Waals surface area contributed by atoms with E-state index in [1.54, 1.807) is 12.3 Å². The van der Waals surface area contributed by atoms with Crippen molar-refractivity contribution >= 4 is 5.97 Å². The zero-order valence-corrected chi connectivity index (χ0v) is 12.5. The zero-order valence-electron chi connectivity index (χ0n) is 12.5. The first-order valence-corrected chi connectivity index (χ1v) is 6.86. The molecule has 8 nitrogen and oxygen atoms in total. The molecular weight excluding hydrogens is 317 g/mol. The maximum atomic E-state index is 13.9. The van der Waals surface area contributed by atoms with Crippen LogP contribution in [0.1, 0.15) is 15.9 Å². The van der Waals surface area contributed by atoms with E-state index in [0.717, 1.165) is 6.07 Å². The number of nitrogens with zero attached hydrogens (tertiary/aromatic N) is 5. The largest absolute Gasteiger partial charge is 0.481 e. The number of methoxy groups -OCH3 is 1. The molecule has 24 heavy (non-hydrogen) atoms. The summed E-state index contributed by atoms with van der Waals surface area (Å²) < 4.78 is 20.2. The second-order valence-corrected chi connectivity index (χ2v) is 4.84. The van der Waals surface area contributed by atoms with E-state index in [1.165, 1.54) is 30.1 Å². The summed E-state index contributed by atoms with van der Waals surface area (Å²) in [4.78, 5) is 19.2. The Morgan fingerprint density at radius 1 is 1.38 bits per heavy atom. The van der Waals surface area contributed by atoms with E-state index in [0.29, 0.717) is 17.4 Å². The number of benzene rings is 1. The summed E-state index contributed by atoms with van der Waals surface area (Å²) in [6.45, 7) is 0.0317. The van der Waals surface area contributed by atoms with Crippen molar-refractivity contribution in [2.24, 2.45) is 0 Å². The highest BCUT2D eigenvalue weighted by atomic mass is 19.1. The number of rotatable bonds is 5. The van der Waals surface area contributed by atoms with E-state index < -0.39 is 11.8 Å². The molecule has 0 spiro atoms. The van der Waals surface area contributed by atoms with Crippen LogP contribution >= 0.6 is 0 Å². The fourth-order valence-electron chi connectivity index (χ4n) is 2.06. The molecule has 0 aliphatic heterocycles. The molecule has 0 radical (unpaired) electrons. The van der Waals surface area contributed by atoms with Crippen LogP contribution in [-0.4, -0.2) is 43.1 Å². The van der Waals surface area contributed by atoms with Crippen molar-refractivity contribution < 1.29 is 19.0 Å². The number of carbonyl (C=O) groups is 1. The standard InChI is InChI=1S/C15H12FN5O3/c1-24-13-4-5-17-14(18-13)12-8-21(20-19-12)7-10-6-9(15(22)23)2-3-11(10)16/h2-6,8H,7H2,1H3,(H,22,23). The molecule has 9 heteroatoms. The lowest BCUT2D eigenvalue weighted by Gasteiger charge is -2.04. The van der Waals surface area contributed by atoms with Crippen molar-refractivity contribution in [3.63, 3.8) is 0 Å². The third-order valence-corrected chi connectivity index (χ3v) is 3.23. The predicted molar refractivity (Wildman–Crippen MR) is 80.1 cm³/mol. The molecule has 2 heterocycles. The number of carboxylic acids is 1. The smallest absolute Gasteiger partial charge is 0.335 e. The van der Waals surface area contributed by atoms with Gasteiger partial charge in [0, 0.05) is 17.8 Å². The molecule has 0 atom stereocenters. The van der Waals surface area contributed by atoms with E-state index in [1.807, 2.05) is 0 Å². The molecule has 0 saturated carbocycles. The summed E-state index contributed by atoms with van der Waals surface area (Å²) in [5.41, 5.74) is 0.587. The Labute approximate surface area is 135 Å². The minimum Gasteiger partial charge on any atom is -0.481 e. The fourth-order valence-corrected chi connectivity index (χ4v) is 2.06. The third kappa shape index (κ3) is 3.19. The summed E-state index contributed by atoms with van der Waals surface area (Å²) in [6.07, 6.45) is 3.07. The van der Waals surface area contributed by atoms with E-state index in [2.05, 4.69) is 20.3 Å². The number of ether oxygens (including phenoxy) is 1. The number of halogens is 1. The van der Waals surface area contributed by atoms with Crippen LogP contribution in [0.2, 0.25) is 0 Å². The average molecular weight is 329 g/mol. The Balaban J connectivity index is 1.86. The molecule has 0 fully saturated rings. The topological polar surface area (TPSA) is 103 Å². The van der Waals surface area contributed by atoms with E-state index in [4.69, 9.17) is 9.84 Å². The lowest BCUT2D eigenvalue weighted by molar-refractivity contribution is 0.0696. The molecule has 0 amide bonds. The lowest BCUT2D eigenvalue weighted by atomic mass is 10.1. The maximum Gasteiger partial charge on any atom is 0.335 e. The van der Waals surface area contributed by atoms with Crippen LogP contribution in [0.25, 0.3) is 11.5 Å². The number of hydrogen-bond donors (Lipinski definition) is 1. The van der Waals surface area contributed by atoms with Crippen molar-refractivity contribution in [3.8, 4) is 17.4 Å². The summed E-state index contributed by atoms with van der Waals surface area (Å²) in [5.74, 6) is -0.940. The Hall–Kier alpha value is -3.36. The van der Waals surface area contributed by atoms with Gasteiger partial charge < -0.3 is 9.84 Å². The van der Waals surface area contributed by atoms with Gasteiger partial charge in [-0.25, -0.2) is 18.9 Å². The third-order valence-electron chi connectivity index (χ3n) is 3.23. The van der Waals surface area contributed by atoms with Gasteiger partial charge in [-0.15, -0.1) is 5.10 Å². The second kappa shape index (κ2) is 6.41. The van der Waals surface area contributed by atoms with Gasteiger partial charge in [0.15, 0.2) is 5.82 Å². The summed E-state index contributed by atoms with van der Waals surface area (Å²) in [7, 11) is 1.49. The zero-order chi connectivity index (χ0) is 17.1. The first-order valence-electron chi connectivity index (χ1n) is 6.86. The van der Waals surface area contributed by atoms with Crippen molar-refractivity contribution in [1.29, 1.82) is 0 Å². The summed E-state index contributed by atoms with van der Waals surface area (Å²) in [6, 6.07) is 5.18. The van der Waals surface area contributed by atoms with E-state index in [9.17, 15) is 9.18 Å². The fraction of sp³-hybridized carbons (Fsp3) is 0.133. The van der Waals surface area contributed by atoms with Crippen LogP contribution in [0.4, 0.5) is 4.39 Å². The van der Waals surface area contributed by atoms with Crippen LogP contribution in [0, 0.1) is 5.82 Å². The first kappa shape index (κ1) is 15.5. The molecule has 1 aromatic carbocycles. The van der Waals surface area contributed by atoms with Crippen molar-refractivity contribution in [1.82, 2.24) is 25.0 Å². The highest BCUT2D eigenvalue weighted by molar-refractivity contribution is 5.87. The van der Waals surface area contributed by atoms with Crippen LogP contribution in [-0.2, 0) is 6.54 Å². The van der Waals surface area contributed by atoms with Crippen molar-refractivity contribution in [3.05, 3.63) is 53.6 Å². The molecule has 0 aliphatic rings. The quantitative estimate of drug-likeness (QED) is 0.758. The molecule has 0 unspecified atom stereocenters. The molecule has 3 rings (SSSR count). The SMILES string of the molecule is COc1ccnc(-c2cn(Cc3cc(C(=O)O)ccc3F)nn2)n1. The van der Waals surface area contributed by atoms with Gasteiger partial charge in [0.1, 0.15) is 11.5 Å². The van der Waals surface area contributed by atoms with Crippen LogP contribution in [0.15, 0.2) is 36.7 Å². The highest BCUT2D eigenvalue weighted by Crippen LogP contribution is 2.16. The van der Waals surface area contributed by atoms with Crippen LogP contribution in [0.3, 0.4) is 0 Å². The Morgan fingerprint density at radius 2 is 2.21 bits per heavy atom. The predicted octanol–water partition coefficient (Wildman–Crippen LogP) is 1.63. The van der Waals surface area contributed by atoms with Gasteiger partial charge in [-0.3, -0.25) is 0 Å². The summed E-state index contributed by atoms with van der Waals surface area (Å²) >= 11 is 0. The molecule has 0 bridgehead atoms. The minimum absolute atomic E-state index is 0.00266. The lowest BCUT2D eigenvalue weighted by Crippen LogP contribution is -2.05. The average Bonchev–Trinajstić information content (AvgIpc) is 3.05. The molecule has 2 aromatic heterocycles. The number of carboxylic acid groups (broad SMARTS) is 1. The first-order chi connectivity index (χ1) is 11.6. The van der Waals surface area contributed by atoms with Gasteiger partial charge in [0.2, 0.25) is 5.88 Å². The van der Waals surface area contributed by atoms with Crippen molar-refractivity contribution in [2.75, 3.05) is 7.11 Å². The molecule has 122 valence electrons. The van der Waals surface area contributed by atoms with Gasteiger partial charge in [-0.1, -0.05) is 5.21 Å². The summed E-state index contributed by atoms with van der Waals surface area (Å²) in [5, 5.41) is 16.8. The normalized spacial score (nSPS) is 10.6. The van der Waals surface area contributed by atoms with Gasteiger partial charge >= 0.3 is 5.97 Å². The monoisotopic (exact) mass is 329 g/mol. The second-order valence-electron chi connectivity index (χ2n) is 4.84. The van der Waals surface area contributed by atoms with E-state index in [-0.39, 0.29) is 17.7 Å². The van der Waals surface area contributed by atoms with Gasteiger partial charge in [-0.05, 0) is 18.2 Å². The van der Waals surface area contributed by atoms with Crippen molar-refractivity contribution in [2.45, 2.75) is 6.54 Å². The Morgan fingerprint density at radius 3 is 2.96 bits per heavy atom. The Kier molecular flexibility index (Phi) is 4.15. The Bertz CT molecular complexity index is 896. The van der Waals surface area contributed by atoms with Gasteiger partial charge in [-0.2, -0.15) is 4.98 Å². The molecular formula is C15H12FN5O3. The van der Waals surface area contributed by atoms with Crippen LogP contribution in [0.5, 0.6) is 5.88 Å². The minimum atomic E-state index is -1.12. The molecule has 0 aliphatic carbocycles.